The maximum Gasteiger partial charge on any atom is 0.335 e. The lowest BCUT2D eigenvalue weighted by molar-refractivity contribution is -0.122. The van der Waals surface area contributed by atoms with E-state index in [4.69, 9.17) is 32.5 Å². The summed E-state index contributed by atoms with van der Waals surface area (Å²) in [4.78, 5) is 30.5. The van der Waals surface area contributed by atoms with Gasteiger partial charge in [0, 0.05) is 12.1 Å². The van der Waals surface area contributed by atoms with Crippen LogP contribution in [0, 0.1) is 0 Å². The zero-order valence-corrected chi connectivity index (χ0v) is 23.2. The molecule has 1 aromatic heterocycles. The molecule has 1 amide bonds. The Hall–Kier alpha value is -3.93. The van der Waals surface area contributed by atoms with Crippen LogP contribution in [0.1, 0.15) is 22.3 Å². The molecule has 1 aliphatic rings. The Morgan fingerprint density at radius 2 is 1.95 bits per heavy atom. The van der Waals surface area contributed by atoms with Crippen LogP contribution >= 0.6 is 35.3 Å². The molecule has 0 saturated carbocycles. The van der Waals surface area contributed by atoms with Crippen LogP contribution in [0.5, 0.6) is 11.5 Å². The predicted molar refractivity (Wildman–Crippen MR) is 159 cm³/mol. The van der Waals surface area contributed by atoms with Crippen LogP contribution in [-0.4, -0.2) is 51.4 Å². The SMILES string of the molecule is COc1ccc(C=C2SC(=S)N(CCCOc3ccc(C(=O)O)cc3)C2=O)cc1-c1ccc2nc(N)sc2c1. The number of methoxy groups -OCH3 is 1. The maximum atomic E-state index is 13.1. The molecule has 5 rings (SSSR count). The molecule has 198 valence electrons. The van der Waals surface area contributed by atoms with Gasteiger partial charge in [0.25, 0.3) is 5.91 Å². The Labute approximate surface area is 238 Å². The van der Waals surface area contributed by atoms with Gasteiger partial charge in [0.05, 0.1) is 34.4 Å². The fourth-order valence-electron chi connectivity index (χ4n) is 4.10. The fraction of sp³-hybridized carbons (Fsp3) is 0.143. The van der Waals surface area contributed by atoms with E-state index in [1.807, 2.05) is 42.5 Å². The van der Waals surface area contributed by atoms with Crippen molar-refractivity contribution in [2.75, 3.05) is 26.0 Å². The van der Waals surface area contributed by atoms with Crippen LogP contribution in [0.2, 0.25) is 0 Å². The van der Waals surface area contributed by atoms with Crippen LogP contribution in [0.4, 0.5) is 5.13 Å². The third-order valence-electron chi connectivity index (χ3n) is 6.01. The second-order valence-corrected chi connectivity index (χ2v) is 11.3. The van der Waals surface area contributed by atoms with Gasteiger partial charge in [0.1, 0.15) is 15.8 Å². The van der Waals surface area contributed by atoms with Crippen molar-refractivity contribution in [1.29, 1.82) is 0 Å². The first-order chi connectivity index (χ1) is 18.8. The number of hydrogen-bond donors (Lipinski definition) is 2. The number of benzene rings is 3. The number of carbonyl (C=O) groups excluding carboxylic acids is 1. The first kappa shape index (κ1) is 26.7. The van der Waals surface area contributed by atoms with Gasteiger partial charge in [-0.1, -0.05) is 47.4 Å². The van der Waals surface area contributed by atoms with Crippen LogP contribution < -0.4 is 15.2 Å². The van der Waals surface area contributed by atoms with Crippen molar-refractivity contribution in [2.24, 2.45) is 0 Å². The number of carboxylic acid groups (broad SMARTS) is 1. The van der Waals surface area contributed by atoms with Crippen molar-refractivity contribution in [3.05, 3.63) is 76.7 Å². The van der Waals surface area contributed by atoms with Gasteiger partial charge in [0.15, 0.2) is 5.13 Å². The molecule has 39 heavy (non-hydrogen) atoms. The van der Waals surface area contributed by atoms with Gasteiger partial charge in [-0.15, -0.1) is 0 Å². The number of thiazole rings is 1. The Balaban J connectivity index is 1.27. The van der Waals surface area contributed by atoms with Crippen molar-refractivity contribution in [3.63, 3.8) is 0 Å². The summed E-state index contributed by atoms with van der Waals surface area (Å²) in [6.07, 6.45) is 2.41. The fourth-order valence-corrected chi connectivity index (χ4v) is 6.18. The average Bonchev–Trinajstić information content (AvgIpc) is 3.43. The highest BCUT2D eigenvalue weighted by Crippen LogP contribution is 2.37. The van der Waals surface area contributed by atoms with Gasteiger partial charge in [-0.05, 0) is 72.2 Å². The van der Waals surface area contributed by atoms with E-state index in [0.29, 0.717) is 45.4 Å². The summed E-state index contributed by atoms with van der Waals surface area (Å²) in [6, 6.07) is 17.9. The number of amides is 1. The largest absolute Gasteiger partial charge is 0.496 e. The second kappa shape index (κ2) is 11.4. The molecule has 1 aliphatic heterocycles. The number of rotatable bonds is 9. The number of thiocarbonyl (C=S) groups is 1. The molecule has 0 unspecified atom stereocenters. The quantitative estimate of drug-likeness (QED) is 0.142. The van der Waals surface area contributed by atoms with Gasteiger partial charge in [-0.3, -0.25) is 9.69 Å². The Kier molecular flexibility index (Phi) is 7.82. The monoisotopic (exact) mass is 577 g/mol. The van der Waals surface area contributed by atoms with Gasteiger partial charge < -0.3 is 20.3 Å². The van der Waals surface area contributed by atoms with Gasteiger partial charge in [-0.25, -0.2) is 9.78 Å². The lowest BCUT2D eigenvalue weighted by Gasteiger charge is -2.14. The highest BCUT2D eigenvalue weighted by molar-refractivity contribution is 8.26. The standard InChI is InChI=1S/C28H23N3O5S3/c1-35-22-10-3-16(13-20(22)18-6-9-21-23(15-18)38-27(29)30-21)14-24-25(32)31(28(37)39-24)11-2-12-36-19-7-4-17(5-8-19)26(33)34/h3-10,13-15H,2,11-12H2,1H3,(H2,29,30)(H,33,34). The molecule has 11 heteroatoms. The number of ether oxygens (including phenoxy) is 2. The topological polar surface area (TPSA) is 115 Å². The number of nitrogen functional groups attached to an aromatic ring is 1. The van der Waals surface area contributed by atoms with E-state index in [0.717, 1.165) is 26.9 Å². The van der Waals surface area contributed by atoms with Crippen LogP contribution in [0.3, 0.4) is 0 Å². The molecule has 0 bridgehead atoms. The number of hydrogen-bond acceptors (Lipinski definition) is 9. The predicted octanol–water partition coefficient (Wildman–Crippen LogP) is 5.92. The first-order valence-corrected chi connectivity index (χ1v) is 13.9. The summed E-state index contributed by atoms with van der Waals surface area (Å²) >= 11 is 8.18. The van der Waals surface area contributed by atoms with Gasteiger partial charge in [-0.2, -0.15) is 0 Å². The Bertz CT molecular complexity index is 1610. The Morgan fingerprint density at radius 3 is 2.69 bits per heavy atom. The molecular weight excluding hydrogens is 555 g/mol. The van der Waals surface area contributed by atoms with Crippen molar-refractivity contribution >= 4 is 72.9 Å². The van der Waals surface area contributed by atoms with Crippen LogP contribution in [-0.2, 0) is 4.79 Å². The minimum atomic E-state index is -0.988. The number of anilines is 1. The summed E-state index contributed by atoms with van der Waals surface area (Å²) in [5, 5.41) is 9.51. The Morgan fingerprint density at radius 1 is 1.15 bits per heavy atom. The molecule has 2 heterocycles. The molecule has 8 nitrogen and oxygen atoms in total. The van der Waals surface area contributed by atoms with E-state index in [1.54, 1.807) is 24.1 Å². The van der Waals surface area contributed by atoms with E-state index >= 15 is 0 Å². The summed E-state index contributed by atoms with van der Waals surface area (Å²) in [7, 11) is 1.63. The molecular formula is C28H23N3O5S3. The van der Waals surface area contributed by atoms with Crippen molar-refractivity contribution in [2.45, 2.75) is 6.42 Å². The molecule has 0 spiro atoms. The molecule has 1 fully saturated rings. The number of carboxylic acids is 1. The summed E-state index contributed by atoms with van der Waals surface area (Å²) < 4.78 is 12.8. The smallest absolute Gasteiger partial charge is 0.335 e. The van der Waals surface area contributed by atoms with Crippen molar-refractivity contribution < 1.29 is 24.2 Å². The van der Waals surface area contributed by atoms with Crippen molar-refractivity contribution in [3.8, 4) is 22.6 Å². The lowest BCUT2D eigenvalue weighted by Crippen LogP contribution is -2.29. The molecule has 3 N–H and O–H groups in total. The van der Waals surface area contributed by atoms with E-state index < -0.39 is 5.97 Å². The van der Waals surface area contributed by atoms with Crippen LogP contribution in [0.25, 0.3) is 27.4 Å². The third kappa shape index (κ3) is 5.90. The maximum absolute atomic E-state index is 13.1. The van der Waals surface area contributed by atoms with Gasteiger partial charge >= 0.3 is 5.97 Å². The number of nitrogens with zero attached hydrogens (tertiary/aromatic N) is 2. The van der Waals surface area contributed by atoms with Crippen molar-refractivity contribution in [1.82, 2.24) is 9.88 Å². The van der Waals surface area contributed by atoms with E-state index in [2.05, 4.69) is 4.98 Å². The second-order valence-electron chi connectivity index (χ2n) is 8.56. The zero-order valence-electron chi connectivity index (χ0n) is 20.7. The minimum Gasteiger partial charge on any atom is -0.496 e. The summed E-state index contributed by atoms with van der Waals surface area (Å²) in [5.74, 6) is 0.153. The minimum absolute atomic E-state index is 0.144. The normalized spacial score (nSPS) is 14.4. The van der Waals surface area contributed by atoms with E-state index in [-0.39, 0.29) is 11.5 Å². The first-order valence-electron chi connectivity index (χ1n) is 11.9. The van der Waals surface area contributed by atoms with Gasteiger partial charge in [0.2, 0.25) is 0 Å². The molecule has 0 atom stereocenters. The highest BCUT2D eigenvalue weighted by Gasteiger charge is 2.31. The van der Waals surface area contributed by atoms with E-state index in [9.17, 15) is 9.59 Å². The molecule has 0 aliphatic carbocycles. The number of aromatic carboxylic acids is 1. The average molecular weight is 578 g/mol. The number of aromatic nitrogens is 1. The lowest BCUT2D eigenvalue weighted by atomic mass is 10.0. The third-order valence-corrected chi connectivity index (χ3v) is 8.23. The summed E-state index contributed by atoms with van der Waals surface area (Å²) in [5.41, 5.74) is 9.62. The number of thioether (sulfide) groups is 1. The summed E-state index contributed by atoms with van der Waals surface area (Å²) in [6.45, 7) is 0.779. The molecule has 0 radical (unpaired) electrons. The molecule has 4 aromatic rings. The molecule has 3 aromatic carbocycles. The van der Waals surface area contributed by atoms with Crippen LogP contribution in [0.15, 0.2) is 65.6 Å². The zero-order chi connectivity index (χ0) is 27.5. The highest BCUT2D eigenvalue weighted by atomic mass is 32.2. The van der Waals surface area contributed by atoms with E-state index in [1.165, 1.54) is 35.2 Å². The molecule has 1 saturated heterocycles. The number of fused-ring (bicyclic) bond motifs is 1. The number of nitrogens with two attached hydrogens (primary N) is 1. The number of carbonyl (C=O) groups is 2.